The Bertz CT molecular complexity index is 716. The Morgan fingerprint density at radius 1 is 1.29 bits per heavy atom. The summed E-state index contributed by atoms with van der Waals surface area (Å²) < 4.78 is 5.42. The minimum absolute atomic E-state index is 0.0856. The number of piperazine rings is 1. The van der Waals surface area contributed by atoms with E-state index in [1.165, 1.54) is 0 Å². The molecule has 1 saturated heterocycles. The van der Waals surface area contributed by atoms with Crippen molar-refractivity contribution in [3.8, 4) is 17.4 Å². The molecule has 0 bridgehead atoms. The van der Waals surface area contributed by atoms with E-state index in [4.69, 9.17) is 16.1 Å². The Balaban J connectivity index is 1.63. The van der Waals surface area contributed by atoms with Crippen LogP contribution in [-0.4, -0.2) is 54.7 Å². The van der Waals surface area contributed by atoms with Crippen LogP contribution in [0.2, 0.25) is 5.02 Å². The van der Waals surface area contributed by atoms with Gasteiger partial charge in [0.1, 0.15) is 0 Å². The van der Waals surface area contributed by atoms with Crippen LogP contribution < -0.4 is 0 Å². The zero-order chi connectivity index (χ0) is 16.9. The van der Waals surface area contributed by atoms with Crippen LogP contribution in [0.15, 0.2) is 34.9 Å². The molecule has 1 fully saturated rings. The van der Waals surface area contributed by atoms with E-state index in [0.29, 0.717) is 17.2 Å². The normalized spacial score (nSPS) is 17.5. The van der Waals surface area contributed by atoms with Crippen molar-refractivity contribution >= 4 is 11.6 Å². The first kappa shape index (κ1) is 17.0. The van der Waals surface area contributed by atoms with Gasteiger partial charge in [-0.2, -0.15) is 5.26 Å². The Labute approximate surface area is 147 Å². The lowest BCUT2D eigenvalue weighted by Crippen LogP contribution is -2.46. The average Bonchev–Trinajstić information content (AvgIpc) is 3.05. The molecule has 0 saturated carbocycles. The lowest BCUT2D eigenvalue weighted by Gasteiger charge is -2.33. The quantitative estimate of drug-likeness (QED) is 0.834. The summed E-state index contributed by atoms with van der Waals surface area (Å²) in [4.78, 5) is 4.66. The maximum Gasteiger partial charge on any atom is 0.168 e. The van der Waals surface area contributed by atoms with Gasteiger partial charge in [0.25, 0.3) is 0 Å². The molecule has 0 radical (unpaired) electrons. The predicted octanol–water partition coefficient (Wildman–Crippen LogP) is 2.92. The minimum atomic E-state index is -0.0856. The number of halogens is 1. The average molecular weight is 345 g/mol. The highest BCUT2D eigenvalue weighted by Gasteiger charge is 2.20. The number of aromatic nitrogens is 1. The van der Waals surface area contributed by atoms with Gasteiger partial charge in [-0.3, -0.25) is 4.90 Å². The molecular formula is C18H21ClN4O. The fourth-order valence-corrected chi connectivity index (χ4v) is 3.17. The van der Waals surface area contributed by atoms with E-state index in [9.17, 15) is 5.26 Å². The summed E-state index contributed by atoms with van der Waals surface area (Å²) in [5.41, 5.74) is 1.62. The van der Waals surface area contributed by atoms with Crippen LogP contribution in [0.1, 0.15) is 5.69 Å². The molecule has 0 amide bonds. The summed E-state index contributed by atoms with van der Waals surface area (Å²) in [6, 6.07) is 11.8. The molecular weight excluding hydrogens is 324 g/mol. The van der Waals surface area contributed by atoms with Gasteiger partial charge in [-0.05, 0) is 19.2 Å². The third kappa shape index (κ3) is 4.15. The maximum absolute atomic E-state index is 9.47. The SMILES string of the molecule is CN1CCN(CC(C#N)Cc2cc(-c3ccccc3Cl)on2)CC1. The molecule has 24 heavy (non-hydrogen) atoms. The number of hydrogen-bond acceptors (Lipinski definition) is 5. The van der Waals surface area contributed by atoms with E-state index in [-0.39, 0.29) is 5.92 Å². The van der Waals surface area contributed by atoms with Gasteiger partial charge in [-0.15, -0.1) is 0 Å². The van der Waals surface area contributed by atoms with Gasteiger partial charge < -0.3 is 9.42 Å². The highest BCUT2D eigenvalue weighted by atomic mass is 35.5. The minimum Gasteiger partial charge on any atom is -0.356 e. The Hall–Kier alpha value is -1.87. The van der Waals surface area contributed by atoms with Crippen molar-refractivity contribution in [2.24, 2.45) is 5.92 Å². The lowest BCUT2D eigenvalue weighted by molar-refractivity contribution is 0.143. The van der Waals surface area contributed by atoms with Gasteiger partial charge in [0.15, 0.2) is 5.76 Å². The van der Waals surface area contributed by atoms with Crippen LogP contribution in [-0.2, 0) is 6.42 Å². The molecule has 1 aliphatic rings. The Kier molecular flexibility index (Phi) is 5.52. The lowest BCUT2D eigenvalue weighted by atomic mass is 10.0. The molecule has 1 atom stereocenters. The monoisotopic (exact) mass is 344 g/mol. The summed E-state index contributed by atoms with van der Waals surface area (Å²) in [7, 11) is 2.13. The van der Waals surface area contributed by atoms with Crippen LogP contribution in [0.3, 0.4) is 0 Å². The number of nitrogens with zero attached hydrogens (tertiary/aromatic N) is 4. The number of hydrogen-bond donors (Lipinski definition) is 0. The number of rotatable bonds is 5. The molecule has 5 nitrogen and oxygen atoms in total. The van der Waals surface area contributed by atoms with E-state index in [1.807, 2.05) is 30.3 Å². The van der Waals surface area contributed by atoms with Gasteiger partial charge >= 0.3 is 0 Å². The van der Waals surface area contributed by atoms with Gasteiger partial charge in [0.2, 0.25) is 0 Å². The first-order valence-corrected chi connectivity index (χ1v) is 8.54. The highest BCUT2D eigenvalue weighted by Crippen LogP contribution is 2.28. The van der Waals surface area contributed by atoms with Crippen molar-refractivity contribution in [3.05, 3.63) is 41.0 Å². The summed E-state index contributed by atoms with van der Waals surface area (Å²) in [6.07, 6.45) is 0.594. The van der Waals surface area contributed by atoms with Crippen LogP contribution in [0, 0.1) is 17.2 Å². The largest absolute Gasteiger partial charge is 0.356 e. The van der Waals surface area contributed by atoms with Crippen molar-refractivity contribution in [3.63, 3.8) is 0 Å². The van der Waals surface area contributed by atoms with Crippen LogP contribution >= 0.6 is 11.6 Å². The summed E-state index contributed by atoms with van der Waals surface area (Å²) in [5, 5.41) is 14.2. The van der Waals surface area contributed by atoms with Crippen molar-refractivity contribution < 1.29 is 4.52 Å². The van der Waals surface area contributed by atoms with E-state index in [1.54, 1.807) is 0 Å². The number of benzene rings is 1. The molecule has 2 aromatic rings. The first-order valence-electron chi connectivity index (χ1n) is 8.16. The fourth-order valence-electron chi connectivity index (χ4n) is 2.94. The van der Waals surface area contributed by atoms with E-state index in [2.05, 4.69) is 28.1 Å². The third-order valence-electron chi connectivity index (χ3n) is 4.41. The van der Waals surface area contributed by atoms with Gasteiger partial charge in [-0.25, -0.2) is 0 Å². The van der Waals surface area contributed by atoms with Crippen LogP contribution in [0.4, 0.5) is 0 Å². The zero-order valence-corrected chi connectivity index (χ0v) is 14.5. The summed E-state index contributed by atoms with van der Waals surface area (Å²) in [5.74, 6) is 0.560. The van der Waals surface area contributed by atoms with E-state index >= 15 is 0 Å². The molecule has 1 aromatic heterocycles. The second kappa shape index (κ2) is 7.80. The number of likely N-dealkylation sites (N-methyl/N-ethyl adjacent to an activating group) is 1. The second-order valence-electron chi connectivity index (χ2n) is 6.30. The molecule has 0 N–H and O–H groups in total. The van der Waals surface area contributed by atoms with Gasteiger partial charge in [0, 0.05) is 50.8 Å². The molecule has 3 rings (SSSR count). The molecule has 126 valence electrons. The topological polar surface area (TPSA) is 56.3 Å². The Morgan fingerprint density at radius 3 is 2.75 bits per heavy atom. The fraction of sp³-hybridized carbons (Fsp3) is 0.444. The zero-order valence-electron chi connectivity index (χ0n) is 13.8. The van der Waals surface area contributed by atoms with E-state index < -0.39 is 0 Å². The Morgan fingerprint density at radius 2 is 2.04 bits per heavy atom. The van der Waals surface area contributed by atoms with Crippen LogP contribution in [0.25, 0.3) is 11.3 Å². The summed E-state index contributed by atoms with van der Waals surface area (Å²) in [6.45, 7) is 4.91. The van der Waals surface area contributed by atoms with Gasteiger partial charge in [-0.1, -0.05) is 28.9 Å². The van der Waals surface area contributed by atoms with Crippen molar-refractivity contribution in [1.82, 2.24) is 15.0 Å². The predicted molar refractivity (Wildman–Crippen MR) is 93.7 cm³/mol. The van der Waals surface area contributed by atoms with E-state index in [0.717, 1.165) is 44.0 Å². The molecule has 0 spiro atoms. The number of nitriles is 1. The van der Waals surface area contributed by atoms with Crippen molar-refractivity contribution in [1.29, 1.82) is 5.26 Å². The molecule has 2 heterocycles. The highest BCUT2D eigenvalue weighted by molar-refractivity contribution is 6.33. The van der Waals surface area contributed by atoms with Gasteiger partial charge in [0.05, 0.1) is 22.7 Å². The molecule has 1 aromatic carbocycles. The molecule has 1 unspecified atom stereocenters. The second-order valence-corrected chi connectivity index (χ2v) is 6.70. The molecule has 6 heteroatoms. The van der Waals surface area contributed by atoms with Crippen molar-refractivity contribution in [2.75, 3.05) is 39.8 Å². The third-order valence-corrected chi connectivity index (χ3v) is 4.74. The molecule has 0 aliphatic carbocycles. The standard InChI is InChI=1S/C18H21ClN4O/c1-22-6-8-23(9-7-22)13-14(12-20)10-15-11-18(24-21-15)16-4-2-3-5-17(16)19/h2-5,11,14H,6-10,13H2,1H3. The molecule has 1 aliphatic heterocycles. The first-order chi connectivity index (χ1) is 11.7. The van der Waals surface area contributed by atoms with Crippen molar-refractivity contribution in [2.45, 2.75) is 6.42 Å². The smallest absolute Gasteiger partial charge is 0.168 e. The summed E-state index contributed by atoms with van der Waals surface area (Å²) >= 11 is 6.19. The van der Waals surface area contributed by atoms with Crippen LogP contribution in [0.5, 0.6) is 0 Å². The maximum atomic E-state index is 9.47.